The maximum absolute atomic E-state index is 5.16. The van der Waals surface area contributed by atoms with E-state index in [4.69, 9.17) is 9.73 Å². The Morgan fingerprint density at radius 1 is 1.27 bits per heavy atom. The summed E-state index contributed by atoms with van der Waals surface area (Å²) in [6.45, 7) is 11.3. The first-order chi connectivity index (χ1) is 14.1. The van der Waals surface area contributed by atoms with Gasteiger partial charge in [-0.2, -0.15) is 0 Å². The maximum atomic E-state index is 5.16. The van der Waals surface area contributed by atoms with E-state index in [1.165, 1.54) is 18.4 Å². The number of rotatable bonds is 11. The molecule has 2 N–H and O–H groups in total. The van der Waals surface area contributed by atoms with Crippen molar-refractivity contribution in [1.29, 1.82) is 0 Å². The van der Waals surface area contributed by atoms with Crippen LogP contribution >= 0.6 is 24.0 Å². The maximum Gasteiger partial charge on any atom is 0.191 e. The Morgan fingerprint density at radius 2 is 1.97 bits per heavy atom. The largest absolute Gasteiger partial charge is 0.385 e. The van der Waals surface area contributed by atoms with Gasteiger partial charge < -0.3 is 20.3 Å². The van der Waals surface area contributed by atoms with Crippen molar-refractivity contribution in [3.63, 3.8) is 0 Å². The number of aliphatic imine (C=N–C) groups is 1. The molecule has 172 valence electrons. The number of halogens is 1. The third-order valence-electron chi connectivity index (χ3n) is 5.64. The van der Waals surface area contributed by atoms with Crippen LogP contribution in [0.2, 0.25) is 0 Å². The van der Waals surface area contributed by atoms with Gasteiger partial charge in [0.05, 0.1) is 6.54 Å². The molecule has 7 heteroatoms. The molecule has 1 saturated heterocycles. The minimum Gasteiger partial charge on any atom is -0.385 e. The minimum atomic E-state index is 0. The fourth-order valence-electron chi connectivity index (χ4n) is 3.64. The van der Waals surface area contributed by atoms with E-state index in [2.05, 4.69) is 71.7 Å². The number of ether oxygens (including phenoxy) is 1. The zero-order valence-electron chi connectivity index (χ0n) is 19.3. The van der Waals surface area contributed by atoms with Crippen LogP contribution in [0.1, 0.15) is 38.7 Å². The molecule has 2 rings (SSSR count). The van der Waals surface area contributed by atoms with Crippen LogP contribution in [0.25, 0.3) is 0 Å². The molecule has 0 bridgehead atoms. The van der Waals surface area contributed by atoms with Gasteiger partial charge in [0, 0.05) is 58.5 Å². The molecule has 1 aliphatic heterocycles. The third-order valence-corrected chi connectivity index (χ3v) is 5.64. The van der Waals surface area contributed by atoms with Crippen LogP contribution < -0.4 is 10.6 Å². The summed E-state index contributed by atoms with van der Waals surface area (Å²) in [5.74, 6) is 0.949. The van der Waals surface area contributed by atoms with Gasteiger partial charge in [0.25, 0.3) is 0 Å². The molecule has 1 unspecified atom stereocenters. The average Bonchev–Trinajstić information content (AvgIpc) is 2.74. The number of methoxy groups -OCH3 is 1. The number of hydrogen-bond donors (Lipinski definition) is 2. The normalized spacial score (nSPS) is 16.9. The SMILES string of the molecule is CCNC(=NCC(C)N(C)Cc1ccccc1)NC1CCN(CCCOC)CC1.I. The number of hydrogen-bond acceptors (Lipinski definition) is 4. The Balaban J connectivity index is 0.00000450. The lowest BCUT2D eigenvalue weighted by atomic mass is 10.1. The molecule has 1 atom stereocenters. The van der Waals surface area contributed by atoms with Crippen LogP contribution in [0.15, 0.2) is 35.3 Å². The van der Waals surface area contributed by atoms with Gasteiger partial charge in [-0.25, -0.2) is 0 Å². The topological polar surface area (TPSA) is 52.1 Å². The summed E-state index contributed by atoms with van der Waals surface area (Å²) >= 11 is 0. The molecule has 0 aliphatic carbocycles. The second-order valence-electron chi connectivity index (χ2n) is 8.08. The quantitative estimate of drug-likeness (QED) is 0.199. The molecular formula is C23H42IN5O. The summed E-state index contributed by atoms with van der Waals surface area (Å²) in [7, 11) is 3.95. The highest BCUT2D eigenvalue weighted by Crippen LogP contribution is 2.11. The van der Waals surface area contributed by atoms with Crippen LogP contribution in [0, 0.1) is 0 Å². The van der Waals surface area contributed by atoms with Crippen molar-refractivity contribution in [3.05, 3.63) is 35.9 Å². The number of nitrogens with one attached hydrogen (secondary N) is 2. The third kappa shape index (κ3) is 10.4. The molecule has 1 fully saturated rings. The van der Waals surface area contributed by atoms with Crippen molar-refractivity contribution in [2.45, 2.75) is 51.7 Å². The Kier molecular flexibility index (Phi) is 14.3. The first-order valence-corrected chi connectivity index (χ1v) is 11.1. The van der Waals surface area contributed by atoms with Gasteiger partial charge >= 0.3 is 0 Å². The molecule has 1 aliphatic rings. The van der Waals surface area contributed by atoms with Crippen LogP contribution in [-0.2, 0) is 11.3 Å². The van der Waals surface area contributed by atoms with Crippen molar-refractivity contribution in [3.8, 4) is 0 Å². The second-order valence-corrected chi connectivity index (χ2v) is 8.08. The summed E-state index contributed by atoms with van der Waals surface area (Å²) < 4.78 is 5.16. The molecule has 0 spiro atoms. The summed E-state index contributed by atoms with van der Waals surface area (Å²) in [6.07, 6.45) is 3.45. The van der Waals surface area contributed by atoms with Crippen LogP contribution in [0.4, 0.5) is 0 Å². The van der Waals surface area contributed by atoms with E-state index >= 15 is 0 Å². The van der Waals surface area contributed by atoms with Crippen LogP contribution in [0.3, 0.4) is 0 Å². The van der Waals surface area contributed by atoms with Gasteiger partial charge in [-0.15, -0.1) is 24.0 Å². The van der Waals surface area contributed by atoms with Crippen molar-refractivity contribution in [2.75, 3.05) is 53.5 Å². The Hall–Kier alpha value is -0.900. The lowest BCUT2D eigenvalue weighted by molar-refractivity contribution is 0.155. The standard InChI is InChI=1S/C23H41N5O.HI/c1-5-24-23(26-22-12-15-28(16-13-22)14-9-17-29-4)25-18-20(2)27(3)19-21-10-7-6-8-11-21;/h6-8,10-11,20,22H,5,9,12-19H2,1-4H3,(H2,24,25,26);1H. The van der Waals surface area contributed by atoms with Crippen LogP contribution in [0.5, 0.6) is 0 Å². The van der Waals surface area contributed by atoms with Gasteiger partial charge in [-0.3, -0.25) is 9.89 Å². The second kappa shape index (κ2) is 15.8. The molecular weight excluding hydrogens is 489 g/mol. The number of piperidine rings is 1. The summed E-state index contributed by atoms with van der Waals surface area (Å²) in [5.41, 5.74) is 1.34. The van der Waals surface area contributed by atoms with E-state index in [0.717, 1.165) is 58.3 Å². The number of likely N-dealkylation sites (N-methyl/N-ethyl adjacent to an activating group) is 1. The molecule has 0 aromatic heterocycles. The predicted molar refractivity (Wildman–Crippen MR) is 138 cm³/mol. The zero-order valence-corrected chi connectivity index (χ0v) is 21.6. The highest BCUT2D eigenvalue weighted by molar-refractivity contribution is 14.0. The summed E-state index contributed by atoms with van der Waals surface area (Å²) in [5, 5.41) is 7.07. The van der Waals surface area contributed by atoms with Crippen molar-refractivity contribution in [2.24, 2.45) is 4.99 Å². The van der Waals surface area contributed by atoms with E-state index in [-0.39, 0.29) is 24.0 Å². The fraction of sp³-hybridized carbons (Fsp3) is 0.696. The van der Waals surface area contributed by atoms with Crippen molar-refractivity contribution in [1.82, 2.24) is 20.4 Å². The van der Waals surface area contributed by atoms with Gasteiger partial charge in [-0.05, 0) is 45.7 Å². The molecule has 0 amide bonds. The first-order valence-electron chi connectivity index (χ1n) is 11.1. The van der Waals surface area contributed by atoms with Crippen molar-refractivity contribution < 1.29 is 4.74 Å². The van der Waals surface area contributed by atoms with Crippen LogP contribution in [-0.4, -0.2) is 81.3 Å². The minimum absolute atomic E-state index is 0. The van der Waals surface area contributed by atoms with E-state index in [1.807, 2.05) is 0 Å². The molecule has 1 heterocycles. The molecule has 1 aromatic rings. The Morgan fingerprint density at radius 3 is 2.60 bits per heavy atom. The highest BCUT2D eigenvalue weighted by atomic mass is 127. The fourth-order valence-corrected chi connectivity index (χ4v) is 3.64. The van der Waals surface area contributed by atoms with Gasteiger partial charge in [0.15, 0.2) is 5.96 Å². The van der Waals surface area contributed by atoms with E-state index in [9.17, 15) is 0 Å². The molecule has 6 nitrogen and oxygen atoms in total. The number of likely N-dealkylation sites (tertiary alicyclic amines) is 1. The van der Waals surface area contributed by atoms with Gasteiger partial charge in [0.2, 0.25) is 0 Å². The number of guanidine groups is 1. The highest BCUT2D eigenvalue weighted by Gasteiger charge is 2.19. The number of nitrogens with zero attached hydrogens (tertiary/aromatic N) is 3. The molecule has 0 saturated carbocycles. The smallest absolute Gasteiger partial charge is 0.191 e. The van der Waals surface area contributed by atoms with E-state index < -0.39 is 0 Å². The zero-order chi connectivity index (χ0) is 20.9. The van der Waals surface area contributed by atoms with E-state index in [1.54, 1.807) is 7.11 Å². The molecule has 30 heavy (non-hydrogen) atoms. The summed E-state index contributed by atoms with van der Waals surface area (Å²) in [6, 6.07) is 11.5. The number of benzene rings is 1. The lowest BCUT2D eigenvalue weighted by Crippen LogP contribution is -2.49. The lowest BCUT2D eigenvalue weighted by Gasteiger charge is -2.33. The summed E-state index contributed by atoms with van der Waals surface area (Å²) in [4.78, 5) is 9.78. The monoisotopic (exact) mass is 531 g/mol. The molecule has 1 aromatic carbocycles. The van der Waals surface area contributed by atoms with Crippen molar-refractivity contribution >= 4 is 29.9 Å². The van der Waals surface area contributed by atoms with Gasteiger partial charge in [0.1, 0.15) is 0 Å². The Bertz CT molecular complexity index is 578. The van der Waals surface area contributed by atoms with E-state index in [0.29, 0.717) is 12.1 Å². The molecule has 0 radical (unpaired) electrons. The average molecular weight is 532 g/mol. The first kappa shape index (κ1) is 27.1. The Labute approximate surface area is 200 Å². The van der Waals surface area contributed by atoms with Gasteiger partial charge in [-0.1, -0.05) is 30.3 Å². The predicted octanol–water partition coefficient (Wildman–Crippen LogP) is 3.18.